The number of hydrogen-bond acceptors (Lipinski definition) is 7. The minimum Gasteiger partial charge on any atom is -0.387 e. The maximum absolute atomic E-state index is 10.1. The number of nitrogens with one attached hydrogen (secondary N) is 2. The number of aliphatic hydroxyl groups is 1. The van der Waals surface area contributed by atoms with Crippen LogP contribution in [0.4, 0.5) is 11.6 Å². The minimum absolute atomic E-state index is 0.432. The summed E-state index contributed by atoms with van der Waals surface area (Å²) < 4.78 is 0. The van der Waals surface area contributed by atoms with Crippen LogP contribution < -0.4 is 16.6 Å². The van der Waals surface area contributed by atoms with Crippen molar-refractivity contribution in [3.8, 4) is 0 Å². The molecule has 6 nitrogen and oxygen atoms in total. The van der Waals surface area contributed by atoms with Crippen molar-refractivity contribution in [2.45, 2.75) is 25.9 Å². The molecule has 0 aromatic carbocycles. The van der Waals surface area contributed by atoms with E-state index in [4.69, 9.17) is 5.84 Å². The molecule has 0 aliphatic rings. The van der Waals surface area contributed by atoms with Crippen molar-refractivity contribution in [3.05, 3.63) is 11.9 Å². The van der Waals surface area contributed by atoms with Crippen LogP contribution in [0.5, 0.6) is 0 Å². The zero-order chi connectivity index (χ0) is 13.6. The highest BCUT2D eigenvalue weighted by atomic mass is 32.2. The summed E-state index contributed by atoms with van der Waals surface area (Å²) >= 11 is 1.61. The molecule has 1 aromatic rings. The van der Waals surface area contributed by atoms with Gasteiger partial charge in [-0.2, -0.15) is 11.8 Å². The molecule has 1 heterocycles. The Morgan fingerprint density at radius 3 is 2.67 bits per heavy atom. The lowest BCUT2D eigenvalue weighted by molar-refractivity contribution is 0.0996. The van der Waals surface area contributed by atoms with Crippen LogP contribution in [-0.4, -0.2) is 39.2 Å². The van der Waals surface area contributed by atoms with Gasteiger partial charge in [0.2, 0.25) is 0 Å². The summed E-state index contributed by atoms with van der Waals surface area (Å²) in [6.45, 7) is 4.23. The highest BCUT2D eigenvalue weighted by Crippen LogP contribution is 2.20. The summed E-state index contributed by atoms with van der Waals surface area (Å²) in [5.41, 5.74) is 2.70. The van der Waals surface area contributed by atoms with E-state index in [9.17, 15) is 5.11 Å². The fraction of sp³-hybridized carbons (Fsp3) is 0.636. The van der Waals surface area contributed by atoms with Crippen molar-refractivity contribution in [2.75, 3.05) is 29.3 Å². The Kier molecular flexibility index (Phi) is 5.64. The number of thioether (sulfide) groups is 1. The van der Waals surface area contributed by atoms with Crippen LogP contribution >= 0.6 is 11.8 Å². The second-order valence-electron chi connectivity index (χ2n) is 4.33. The predicted molar refractivity (Wildman–Crippen MR) is 76.7 cm³/mol. The number of aromatic nitrogens is 2. The van der Waals surface area contributed by atoms with Crippen molar-refractivity contribution < 1.29 is 5.11 Å². The molecule has 0 spiro atoms. The monoisotopic (exact) mass is 271 g/mol. The van der Waals surface area contributed by atoms with Crippen molar-refractivity contribution in [1.29, 1.82) is 0 Å². The number of nitrogen functional groups attached to an aromatic ring is 1. The summed E-state index contributed by atoms with van der Waals surface area (Å²) in [5, 5.41) is 13.3. The number of nitrogens with two attached hydrogens (primary N) is 1. The second-order valence-corrected chi connectivity index (χ2v) is 5.20. The first-order valence-electron chi connectivity index (χ1n) is 5.79. The molecule has 0 radical (unpaired) electrons. The summed E-state index contributed by atoms with van der Waals surface area (Å²) in [4.78, 5) is 8.24. The predicted octanol–water partition coefficient (Wildman–Crippen LogP) is 0.851. The van der Waals surface area contributed by atoms with Crippen LogP contribution in [0.3, 0.4) is 0 Å². The molecule has 102 valence electrons. The molecule has 0 aliphatic heterocycles. The van der Waals surface area contributed by atoms with E-state index in [2.05, 4.69) is 20.7 Å². The average Bonchev–Trinajstić information content (AvgIpc) is 2.35. The Labute approximate surface area is 112 Å². The van der Waals surface area contributed by atoms with Gasteiger partial charge in [0.25, 0.3) is 0 Å². The van der Waals surface area contributed by atoms with Gasteiger partial charge < -0.3 is 15.8 Å². The Hall–Kier alpha value is -1.05. The van der Waals surface area contributed by atoms with Gasteiger partial charge in [0.1, 0.15) is 18.0 Å². The van der Waals surface area contributed by atoms with E-state index in [1.165, 1.54) is 6.33 Å². The van der Waals surface area contributed by atoms with E-state index in [0.717, 1.165) is 12.0 Å². The summed E-state index contributed by atoms with van der Waals surface area (Å²) in [6.07, 6.45) is 4.17. The summed E-state index contributed by atoms with van der Waals surface area (Å²) in [7, 11) is 0. The lowest BCUT2D eigenvalue weighted by Gasteiger charge is -2.23. The quantitative estimate of drug-likeness (QED) is 0.431. The van der Waals surface area contributed by atoms with E-state index in [1.807, 2.05) is 13.2 Å². The summed E-state index contributed by atoms with van der Waals surface area (Å²) in [6, 6.07) is 0. The van der Waals surface area contributed by atoms with Gasteiger partial charge in [-0.05, 0) is 19.6 Å². The molecule has 7 heteroatoms. The van der Waals surface area contributed by atoms with Crippen LogP contribution in [0.2, 0.25) is 0 Å². The van der Waals surface area contributed by atoms with Crippen LogP contribution in [0, 0.1) is 0 Å². The third-order valence-electron chi connectivity index (χ3n) is 2.53. The van der Waals surface area contributed by atoms with Gasteiger partial charge in [0, 0.05) is 17.9 Å². The average molecular weight is 271 g/mol. The maximum Gasteiger partial charge on any atom is 0.148 e. The molecule has 0 bridgehead atoms. The number of nitrogens with zero attached hydrogens (tertiary/aromatic N) is 2. The minimum atomic E-state index is -0.772. The van der Waals surface area contributed by atoms with E-state index < -0.39 is 5.60 Å². The van der Waals surface area contributed by atoms with Gasteiger partial charge in [0.15, 0.2) is 0 Å². The molecule has 1 aromatic heterocycles. The first kappa shape index (κ1) is 15.0. The molecule has 5 N–H and O–H groups in total. The van der Waals surface area contributed by atoms with Gasteiger partial charge in [0.05, 0.1) is 5.60 Å². The molecular formula is C11H21N5OS. The molecule has 0 aliphatic carbocycles. The number of rotatable bonds is 7. The Morgan fingerprint density at radius 2 is 2.11 bits per heavy atom. The molecule has 0 saturated heterocycles. The normalized spacial score (nSPS) is 14.1. The van der Waals surface area contributed by atoms with Crippen molar-refractivity contribution in [1.82, 2.24) is 9.97 Å². The van der Waals surface area contributed by atoms with Crippen LogP contribution in [0.25, 0.3) is 0 Å². The molecule has 0 fully saturated rings. The SMILES string of the molecule is CCc1c(NN)ncnc1NCC(C)(O)CSC. The fourth-order valence-corrected chi connectivity index (χ4v) is 2.38. The third kappa shape index (κ3) is 4.01. The molecule has 0 amide bonds. The zero-order valence-electron chi connectivity index (χ0n) is 11.0. The summed E-state index contributed by atoms with van der Waals surface area (Å²) in [5.74, 6) is 7.39. The van der Waals surface area contributed by atoms with E-state index in [-0.39, 0.29) is 0 Å². The number of anilines is 2. The highest BCUT2D eigenvalue weighted by molar-refractivity contribution is 7.98. The van der Waals surface area contributed by atoms with E-state index in [0.29, 0.717) is 23.9 Å². The Bertz CT molecular complexity index is 386. The Balaban J connectivity index is 2.78. The van der Waals surface area contributed by atoms with Crippen molar-refractivity contribution >= 4 is 23.4 Å². The molecule has 0 saturated carbocycles. The van der Waals surface area contributed by atoms with Gasteiger partial charge >= 0.3 is 0 Å². The second kappa shape index (κ2) is 6.77. The topological polar surface area (TPSA) is 96.1 Å². The molecule has 1 rings (SSSR count). The largest absolute Gasteiger partial charge is 0.387 e. The first-order valence-corrected chi connectivity index (χ1v) is 7.19. The van der Waals surface area contributed by atoms with Crippen LogP contribution in [0.15, 0.2) is 6.33 Å². The van der Waals surface area contributed by atoms with Crippen molar-refractivity contribution in [2.24, 2.45) is 5.84 Å². The molecule has 1 unspecified atom stereocenters. The van der Waals surface area contributed by atoms with Gasteiger partial charge in [-0.3, -0.25) is 0 Å². The standard InChI is InChI=1S/C11H21N5OS/c1-4-8-9(14-7-15-10(8)16-12)13-5-11(2,17)6-18-3/h7,17H,4-6,12H2,1-3H3,(H2,13,14,15,16). The molecule has 1 atom stereocenters. The van der Waals surface area contributed by atoms with Crippen molar-refractivity contribution in [3.63, 3.8) is 0 Å². The smallest absolute Gasteiger partial charge is 0.148 e. The van der Waals surface area contributed by atoms with Gasteiger partial charge in [-0.25, -0.2) is 15.8 Å². The first-order chi connectivity index (χ1) is 8.54. The molecule has 18 heavy (non-hydrogen) atoms. The highest BCUT2D eigenvalue weighted by Gasteiger charge is 2.20. The van der Waals surface area contributed by atoms with Gasteiger partial charge in [-0.1, -0.05) is 6.92 Å². The zero-order valence-corrected chi connectivity index (χ0v) is 11.8. The maximum atomic E-state index is 10.1. The van der Waals surface area contributed by atoms with Gasteiger partial charge in [-0.15, -0.1) is 0 Å². The molecular weight excluding hydrogens is 250 g/mol. The lowest BCUT2D eigenvalue weighted by atomic mass is 10.1. The third-order valence-corrected chi connectivity index (χ3v) is 3.44. The van der Waals surface area contributed by atoms with Crippen LogP contribution in [0.1, 0.15) is 19.4 Å². The Morgan fingerprint density at radius 1 is 1.44 bits per heavy atom. The van der Waals surface area contributed by atoms with Crippen LogP contribution in [-0.2, 0) is 6.42 Å². The fourth-order valence-electron chi connectivity index (χ4n) is 1.66. The number of hydrazine groups is 1. The van der Waals surface area contributed by atoms with E-state index >= 15 is 0 Å². The number of hydrogen-bond donors (Lipinski definition) is 4. The van der Waals surface area contributed by atoms with E-state index in [1.54, 1.807) is 18.7 Å². The lowest BCUT2D eigenvalue weighted by Crippen LogP contribution is -2.36.